The molecule has 3 atom stereocenters. The molecule has 0 saturated heterocycles. The molecule has 0 aromatic carbocycles. The van der Waals surface area contributed by atoms with Crippen LogP contribution >= 0.6 is 0 Å². The maximum atomic E-state index is 9.48. The predicted octanol–water partition coefficient (Wildman–Crippen LogP) is 2.31. The van der Waals surface area contributed by atoms with Crippen molar-refractivity contribution >= 4 is 0 Å². The molecule has 0 spiro atoms. The van der Waals surface area contributed by atoms with E-state index in [1.165, 1.54) is 19.3 Å². The number of hydrogen-bond donors (Lipinski definition) is 2. The number of rotatable bonds is 9. The van der Waals surface area contributed by atoms with E-state index < -0.39 is 12.4 Å². The molecule has 0 aliphatic rings. The van der Waals surface area contributed by atoms with Crippen LogP contribution in [0, 0.1) is 5.92 Å². The lowest BCUT2D eigenvalue weighted by atomic mass is 10.00. The van der Waals surface area contributed by atoms with E-state index in [0.29, 0.717) is 0 Å². The predicted molar refractivity (Wildman–Crippen MR) is 61.6 cm³/mol. The second-order valence-electron chi connectivity index (χ2n) is 4.38. The number of aliphatic hydroxyl groups is 2. The molecule has 0 amide bonds. The fourth-order valence-electron chi connectivity index (χ4n) is 1.41. The molecular formula is C12H26O3. The van der Waals surface area contributed by atoms with Crippen LogP contribution < -0.4 is 0 Å². The van der Waals surface area contributed by atoms with Crippen LogP contribution in [-0.4, -0.2) is 29.2 Å². The molecule has 0 radical (unpaired) electrons. The highest BCUT2D eigenvalue weighted by molar-refractivity contribution is 4.56. The van der Waals surface area contributed by atoms with Crippen LogP contribution in [0.2, 0.25) is 0 Å². The fourth-order valence-corrected chi connectivity index (χ4v) is 1.41. The molecule has 92 valence electrons. The van der Waals surface area contributed by atoms with Crippen molar-refractivity contribution in [2.75, 3.05) is 6.61 Å². The highest BCUT2D eigenvalue weighted by atomic mass is 16.6. The third-order valence-corrected chi connectivity index (χ3v) is 2.71. The third kappa shape index (κ3) is 10.2. The van der Waals surface area contributed by atoms with Crippen LogP contribution in [0.25, 0.3) is 0 Å². The Labute approximate surface area is 93.5 Å². The van der Waals surface area contributed by atoms with E-state index in [0.717, 1.165) is 18.8 Å². The van der Waals surface area contributed by atoms with Crippen molar-refractivity contribution in [3.8, 4) is 0 Å². The zero-order valence-corrected chi connectivity index (χ0v) is 10.3. The molecule has 0 fully saturated rings. The molecule has 3 heteroatoms. The largest absolute Gasteiger partial charge is 0.391 e. The molecule has 3 unspecified atom stereocenters. The molecule has 3 nitrogen and oxygen atoms in total. The van der Waals surface area contributed by atoms with Gasteiger partial charge in [0, 0.05) is 0 Å². The first-order valence-electron chi connectivity index (χ1n) is 6.04. The lowest BCUT2D eigenvalue weighted by molar-refractivity contribution is -0.110. The first kappa shape index (κ1) is 14.9. The van der Waals surface area contributed by atoms with Gasteiger partial charge >= 0.3 is 0 Å². The van der Waals surface area contributed by atoms with Crippen molar-refractivity contribution in [1.82, 2.24) is 0 Å². The van der Waals surface area contributed by atoms with Crippen molar-refractivity contribution in [2.45, 2.75) is 65.3 Å². The van der Waals surface area contributed by atoms with Crippen LogP contribution in [0.1, 0.15) is 52.9 Å². The highest BCUT2D eigenvalue weighted by Gasteiger charge is 2.06. The maximum Gasteiger partial charge on any atom is 0.151 e. The minimum Gasteiger partial charge on any atom is -0.391 e. The normalized spacial score (nSPS) is 17.4. The SMILES string of the molecule is CCC(C)CCCCC(O)COC(C)O. The molecule has 0 bridgehead atoms. The summed E-state index contributed by atoms with van der Waals surface area (Å²) in [6.45, 7) is 6.25. The standard InChI is InChI=1S/C12H26O3/c1-4-10(2)7-5-6-8-12(14)9-15-11(3)13/h10-14H,4-9H2,1-3H3. The van der Waals surface area contributed by atoms with Gasteiger partial charge in [0.25, 0.3) is 0 Å². The first-order valence-corrected chi connectivity index (χ1v) is 6.04. The van der Waals surface area contributed by atoms with Crippen LogP contribution in [0.3, 0.4) is 0 Å². The summed E-state index contributed by atoms with van der Waals surface area (Å²) in [6, 6.07) is 0. The highest BCUT2D eigenvalue weighted by Crippen LogP contribution is 2.13. The number of unbranched alkanes of at least 4 members (excludes halogenated alkanes) is 1. The van der Waals surface area contributed by atoms with Crippen molar-refractivity contribution in [3.63, 3.8) is 0 Å². The minimum atomic E-state index is -0.778. The molecule has 0 aromatic rings. The smallest absolute Gasteiger partial charge is 0.151 e. The van der Waals surface area contributed by atoms with E-state index in [2.05, 4.69) is 13.8 Å². The second-order valence-corrected chi connectivity index (χ2v) is 4.38. The van der Waals surface area contributed by atoms with Gasteiger partial charge in [-0.05, 0) is 19.3 Å². The van der Waals surface area contributed by atoms with Crippen LogP contribution in [0.5, 0.6) is 0 Å². The molecule has 15 heavy (non-hydrogen) atoms. The van der Waals surface area contributed by atoms with Gasteiger partial charge in [0.1, 0.15) is 0 Å². The molecular weight excluding hydrogens is 192 g/mol. The Bertz CT molecular complexity index is 137. The molecule has 0 saturated carbocycles. The van der Waals surface area contributed by atoms with Gasteiger partial charge in [-0.2, -0.15) is 0 Å². The summed E-state index contributed by atoms with van der Waals surface area (Å²) in [5.41, 5.74) is 0. The van der Waals surface area contributed by atoms with Crippen molar-refractivity contribution in [1.29, 1.82) is 0 Å². The second kappa shape index (κ2) is 9.13. The van der Waals surface area contributed by atoms with Gasteiger partial charge in [-0.3, -0.25) is 0 Å². The molecule has 0 aliphatic carbocycles. The number of aliphatic hydroxyl groups excluding tert-OH is 2. The molecule has 0 aliphatic heterocycles. The Kier molecular flexibility index (Phi) is 9.06. The van der Waals surface area contributed by atoms with E-state index in [4.69, 9.17) is 9.84 Å². The summed E-state index contributed by atoms with van der Waals surface area (Å²) in [5.74, 6) is 0.788. The van der Waals surface area contributed by atoms with Crippen LogP contribution in [-0.2, 0) is 4.74 Å². The fraction of sp³-hybridized carbons (Fsp3) is 1.00. The Balaban J connectivity index is 3.27. The van der Waals surface area contributed by atoms with Crippen molar-refractivity contribution in [2.24, 2.45) is 5.92 Å². The lowest BCUT2D eigenvalue weighted by Crippen LogP contribution is -2.19. The van der Waals surface area contributed by atoms with Gasteiger partial charge in [0.2, 0.25) is 0 Å². The van der Waals surface area contributed by atoms with E-state index >= 15 is 0 Å². The van der Waals surface area contributed by atoms with Gasteiger partial charge in [-0.15, -0.1) is 0 Å². The topological polar surface area (TPSA) is 49.7 Å². The van der Waals surface area contributed by atoms with E-state index in [1.807, 2.05) is 0 Å². The summed E-state index contributed by atoms with van der Waals surface area (Å²) in [4.78, 5) is 0. The Morgan fingerprint density at radius 3 is 2.20 bits per heavy atom. The summed E-state index contributed by atoms with van der Waals surface area (Å²) in [7, 11) is 0. The first-order chi connectivity index (χ1) is 7.06. The van der Waals surface area contributed by atoms with Crippen molar-refractivity contribution < 1.29 is 14.9 Å². The summed E-state index contributed by atoms with van der Waals surface area (Å²) in [6.07, 6.45) is 4.23. The summed E-state index contributed by atoms with van der Waals surface area (Å²) in [5, 5.41) is 18.3. The average molecular weight is 218 g/mol. The van der Waals surface area contributed by atoms with Crippen LogP contribution in [0.15, 0.2) is 0 Å². The zero-order chi connectivity index (χ0) is 11.7. The molecule has 0 aromatic heterocycles. The molecule has 0 heterocycles. The van der Waals surface area contributed by atoms with Gasteiger partial charge in [0.05, 0.1) is 12.7 Å². The Hall–Kier alpha value is -0.120. The van der Waals surface area contributed by atoms with E-state index in [-0.39, 0.29) is 6.61 Å². The van der Waals surface area contributed by atoms with Crippen molar-refractivity contribution in [3.05, 3.63) is 0 Å². The molecule has 2 N–H and O–H groups in total. The quantitative estimate of drug-likeness (QED) is 0.461. The lowest BCUT2D eigenvalue weighted by Gasteiger charge is -2.13. The average Bonchev–Trinajstić information content (AvgIpc) is 2.21. The van der Waals surface area contributed by atoms with E-state index in [9.17, 15) is 5.11 Å². The Morgan fingerprint density at radius 2 is 1.67 bits per heavy atom. The summed E-state index contributed by atoms with van der Waals surface area (Å²) >= 11 is 0. The van der Waals surface area contributed by atoms with Gasteiger partial charge in [0.15, 0.2) is 6.29 Å². The maximum absolute atomic E-state index is 9.48. The van der Waals surface area contributed by atoms with Gasteiger partial charge < -0.3 is 14.9 Å². The Morgan fingerprint density at radius 1 is 1.07 bits per heavy atom. The third-order valence-electron chi connectivity index (χ3n) is 2.71. The van der Waals surface area contributed by atoms with Crippen LogP contribution in [0.4, 0.5) is 0 Å². The minimum absolute atomic E-state index is 0.237. The number of hydrogen-bond acceptors (Lipinski definition) is 3. The number of ether oxygens (including phenoxy) is 1. The summed E-state index contributed by atoms with van der Waals surface area (Å²) < 4.78 is 4.91. The molecule has 0 rings (SSSR count). The zero-order valence-electron chi connectivity index (χ0n) is 10.3. The van der Waals surface area contributed by atoms with Gasteiger partial charge in [-0.1, -0.05) is 39.5 Å². The van der Waals surface area contributed by atoms with E-state index in [1.54, 1.807) is 6.92 Å². The van der Waals surface area contributed by atoms with Gasteiger partial charge in [-0.25, -0.2) is 0 Å². The monoisotopic (exact) mass is 218 g/mol.